The Hall–Kier alpha value is -2.60. The zero-order valence-electron chi connectivity index (χ0n) is 19.5. The highest BCUT2D eigenvalue weighted by molar-refractivity contribution is 5.70. The van der Waals surface area contributed by atoms with E-state index in [1.807, 2.05) is 0 Å². The van der Waals surface area contributed by atoms with Crippen molar-refractivity contribution in [3.05, 3.63) is 106 Å². The monoisotopic (exact) mass is 396 g/mol. The Kier molecular flexibility index (Phi) is 6.66. The molecule has 0 aliphatic carbocycles. The minimum atomic E-state index is 0.204. The molecule has 0 nitrogen and oxygen atoms in total. The van der Waals surface area contributed by atoms with Gasteiger partial charge in [0, 0.05) is 0 Å². The van der Waals surface area contributed by atoms with Gasteiger partial charge in [-0.05, 0) is 56.4 Å². The molecule has 0 bridgehead atoms. The van der Waals surface area contributed by atoms with Gasteiger partial charge in [0.05, 0.1) is 0 Å². The standard InChI is InChI=1S/C30H36/c1-29(2,3)21-27(23-15-9-7-10-16-23)25-19-13-14-20-26(25)28(22-30(4,5)6)24-17-11-8-12-18-24/h7-20H,21-22H2,1-6H3. The van der Waals surface area contributed by atoms with Crippen molar-refractivity contribution >= 4 is 11.1 Å². The molecule has 0 amide bonds. The lowest BCUT2D eigenvalue weighted by Crippen LogP contribution is -2.32. The molecular weight excluding hydrogens is 360 g/mol. The predicted molar refractivity (Wildman–Crippen MR) is 132 cm³/mol. The Morgan fingerprint density at radius 3 is 1.07 bits per heavy atom. The molecule has 30 heavy (non-hydrogen) atoms. The SMILES string of the molecule is CC(C)(C)CC(c1ccccc1)=c1ccccc1=C(CC(C)(C)C)c1ccccc1. The molecule has 0 unspecified atom stereocenters. The smallest absolute Gasteiger partial charge is 0.0143 e. The zero-order chi connectivity index (χ0) is 21.8. The third kappa shape index (κ3) is 5.95. The van der Waals surface area contributed by atoms with Crippen LogP contribution in [0.5, 0.6) is 0 Å². The highest BCUT2D eigenvalue weighted by Crippen LogP contribution is 2.30. The molecule has 0 spiro atoms. The molecule has 3 aromatic carbocycles. The minimum absolute atomic E-state index is 0.204. The molecule has 0 fully saturated rings. The number of rotatable bonds is 4. The van der Waals surface area contributed by atoms with Gasteiger partial charge in [-0.15, -0.1) is 0 Å². The minimum Gasteiger partial charge on any atom is -0.0622 e. The molecule has 0 aliphatic rings. The topological polar surface area (TPSA) is 0 Å². The fourth-order valence-corrected chi connectivity index (χ4v) is 4.05. The first kappa shape index (κ1) is 22.1. The van der Waals surface area contributed by atoms with E-state index in [2.05, 4.69) is 126 Å². The van der Waals surface area contributed by atoms with Crippen molar-refractivity contribution in [2.75, 3.05) is 0 Å². The van der Waals surface area contributed by atoms with Crippen LogP contribution in [-0.2, 0) is 0 Å². The average molecular weight is 397 g/mol. The van der Waals surface area contributed by atoms with E-state index in [9.17, 15) is 0 Å². The Bertz CT molecular complexity index is 982. The Labute approximate surface area is 183 Å². The highest BCUT2D eigenvalue weighted by Gasteiger charge is 2.18. The fourth-order valence-electron chi connectivity index (χ4n) is 4.05. The van der Waals surface area contributed by atoms with Crippen LogP contribution in [0.15, 0.2) is 84.9 Å². The molecule has 3 aromatic rings. The van der Waals surface area contributed by atoms with Crippen LogP contribution in [0.1, 0.15) is 65.5 Å². The van der Waals surface area contributed by atoms with Crippen molar-refractivity contribution in [2.24, 2.45) is 10.8 Å². The predicted octanol–water partition coefficient (Wildman–Crippen LogP) is 6.96. The quantitative estimate of drug-likeness (QED) is 0.447. The van der Waals surface area contributed by atoms with E-state index in [4.69, 9.17) is 0 Å². The molecule has 0 heteroatoms. The Balaban J connectivity index is 2.46. The van der Waals surface area contributed by atoms with E-state index < -0.39 is 0 Å². The van der Waals surface area contributed by atoms with Crippen molar-refractivity contribution in [3.63, 3.8) is 0 Å². The summed E-state index contributed by atoms with van der Waals surface area (Å²) in [6, 6.07) is 30.8. The molecule has 0 saturated heterocycles. The maximum absolute atomic E-state index is 2.33. The summed E-state index contributed by atoms with van der Waals surface area (Å²) in [6.07, 6.45) is 2.07. The van der Waals surface area contributed by atoms with Crippen LogP contribution >= 0.6 is 0 Å². The summed E-state index contributed by atoms with van der Waals surface area (Å²) >= 11 is 0. The molecule has 0 aromatic heterocycles. The summed E-state index contributed by atoms with van der Waals surface area (Å²) in [5.74, 6) is 0. The lowest BCUT2D eigenvalue weighted by atomic mass is 9.81. The van der Waals surface area contributed by atoms with Crippen molar-refractivity contribution in [2.45, 2.75) is 54.4 Å². The van der Waals surface area contributed by atoms with Gasteiger partial charge in [-0.3, -0.25) is 0 Å². The molecule has 0 atom stereocenters. The van der Waals surface area contributed by atoms with Crippen LogP contribution in [0, 0.1) is 10.8 Å². The summed E-state index contributed by atoms with van der Waals surface area (Å²) in [6.45, 7) is 14.0. The van der Waals surface area contributed by atoms with Crippen LogP contribution < -0.4 is 10.4 Å². The third-order valence-corrected chi connectivity index (χ3v) is 5.24. The zero-order valence-corrected chi connectivity index (χ0v) is 19.5. The Morgan fingerprint density at radius 1 is 0.467 bits per heavy atom. The molecule has 0 radical (unpaired) electrons. The molecule has 156 valence electrons. The van der Waals surface area contributed by atoms with Gasteiger partial charge in [0.15, 0.2) is 0 Å². The lowest BCUT2D eigenvalue weighted by Gasteiger charge is -2.23. The molecule has 3 rings (SSSR count). The average Bonchev–Trinajstić information content (AvgIpc) is 2.70. The second-order valence-corrected chi connectivity index (χ2v) is 10.7. The summed E-state index contributed by atoms with van der Waals surface area (Å²) in [5.41, 5.74) is 5.91. The molecule has 0 aliphatic heterocycles. The van der Waals surface area contributed by atoms with E-state index in [0.717, 1.165) is 12.8 Å². The van der Waals surface area contributed by atoms with E-state index >= 15 is 0 Å². The number of benzene rings is 3. The maximum Gasteiger partial charge on any atom is -0.0143 e. The first-order chi connectivity index (χ1) is 14.1. The highest BCUT2D eigenvalue weighted by atomic mass is 14.2. The van der Waals surface area contributed by atoms with Gasteiger partial charge in [0.25, 0.3) is 0 Å². The van der Waals surface area contributed by atoms with Gasteiger partial charge in [-0.2, -0.15) is 0 Å². The maximum atomic E-state index is 2.33. The van der Waals surface area contributed by atoms with Crippen molar-refractivity contribution < 1.29 is 0 Å². The first-order valence-corrected chi connectivity index (χ1v) is 11.1. The van der Waals surface area contributed by atoms with Gasteiger partial charge < -0.3 is 0 Å². The second-order valence-electron chi connectivity index (χ2n) is 10.7. The third-order valence-electron chi connectivity index (χ3n) is 5.24. The molecular formula is C30H36. The van der Waals surface area contributed by atoms with Gasteiger partial charge in [-0.25, -0.2) is 0 Å². The Morgan fingerprint density at radius 2 is 0.767 bits per heavy atom. The number of hydrogen-bond acceptors (Lipinski definition) is 0. The van der Waals surface area contributed by atoms with Gasteiger partial charge >= 0.3 is 0 Å². The molecule has 0 heterocycles. The van der Waals surface area contributed by atoms with Crippen molar-refractivity contribution in [1.82, 2.24) is 0 Å². The van der Waals surface area contributed by atoms with E-state index in [1.54, 1.807) is 0 Å². The molecule has 0 saturated carbocycles. The van der Waals surface area contributed by atoms with Crippen LogP contribution in [0.2, 0.25) is 0 Å². The largest absolute Gasteiger partial charge is 0.0622 e. The van der Waals surface area contributed by atoms with E-state index in [-0.39, 0.29) is 10.8 Å². The van der Waals surface area contributed by atoms with Crippen molar-refractivity contribution in [3.8, 4) is 0 Å². The normalized spacial score (nSPS) is 14.3. The van der Waals surface area contributed by atoms with Crippen LogP contribution in [0.3, 0.4) is 0 Å². The van der Waals surface area contributed by atoms with Crippen LogP contribution in [0.4, 0.5) is 0 Å². The number of hydrogen-bond donors (Lipinski definition) is 0. The second kappa shape index (κ2) is 9.04. The van der Waals surface area contributed by atoms with E-state index in [0.29, 0.717) is 0 Å². The van der Waals surface area contributed by atoms with Gasteiger partial charge in [0.1, 0.15) is 0 Å². The molecule has 0 N–H and O–H groups in total. The van der Waals surface area contributed by atoms with Gasteiger partial charge in [0.2, 0.25) is 0 Å². The van der Waals surface area contributed by atoms with Crippen LogP contribution in [-0.4, -0.2) is 0 Å². The summed E-state index contributed by atoms with van der Waals surface area (Å²) in [7, 11) is 0. The summed E-state index contributed by atoms with van der Waals surface area (Å²) in [4.78, 5) is 0. The summed E-state index contributed by atoms with van der Waals surface area (Å²) in [5, 5.41) is 2.73. The van der Waals surface area contributed by atoms with Gasteiger partial charge in [-0.1, -0.05) is 126 Å². The lowest BCUT2D eigenvalue weighted by molar-refractivity contribution is 0.425. The fraction of sp³-hybridized carbons (Fsp3) is 0.333. The summed E-state index contributed by atoms with van der Waals surface area (Å²) < 4.78 is 0. The first-order valence-electron chi connectivity index (χ1n) is 11.1. The van der Waals surface area contributed by atoms with Crippen LogP contribution in [0.25, 0.3) is 11.1 Å². The van der Waals surface area contributed by atoms with E-state index in [1.165, 1.54) is 32.7 Å². The van der Waals surface area contributed by atoms with Crippen molar-refractivity contribution in [1.29, 1.82) is 0 Å².